The highest BCUT2D eigenvalue weighted by atomic mass is 19.4. The maximum atomic E-state index is 13.5. The summed E-state index contributed by atoms with van der Waals surface area (Å²) in [6, 6.07) is 11.0. The molecule has 0 aromatic heterocycles. The zero-order valence-electron chi connectivity index (χ0n) is 17.2. The van der Waals surface area contributed by atoms with Crippen molar-refractivity contribution in [3.8, 4) is 11.1 Å². The number of carbonyl (C=O) groups is 1. The van der Waals surface area contributed by atoms with Gasteiger partial charge in [0.25, 0.3) is 0 Å². The molecule has 4 nitrogen and oxygen atoms in total. The molecule has 2 aromatic rings. The van der Waals surface area contributed by atoms with Gasteiger partial charge in [0.2, 0.25) is 0 Å². The van der Waals surface area contributed by atoms with E-state index in [1.54, 1.807) is 17.0 Å². The van der Waals surface area contributed by atoms with E-state index in [9.17, 15) is 18.0 Å². The number of alkyl halides is 3. The fourth-order valence-electron chi connectivity index (χ4n) is 4.33. The zero-order valence-corrected chi connectivity index (χ0v) is 17.2. The van der Waals surface area contributed by atoms with Crippen LogP contribution in [0, 0.1) is 5.92 Å². The monoisotopic (exact) mass is 418 g/mol. The predicted molar refractivity (Wildman–Crippen MR) is 109 cm³/mol. The van der Waals surface area contributed by atoms with E-state index in [-0.39, 0.29) is 23.5 Å². The van der Waals surface area contributed by atoms with Gasteiger partial charge in [-0.2, -0.15) is 13.2 Å². The first-order chi connectivity index (χ1) is 14.0. The summed E-state index contributed by atoms with van der Waals surface area (Å²) < 4.78 is 46.0. The number of nitrogens with one attached hydrogen (secondary N) is 1. The summed E-state index contributed by atoms with van der Waals surface area (Å²) >= 11 is 0. The number of benzene rings is 2. The van der Waals surface area contributed by atoms with Crippen molar-refractivity contribution < 1.29 is 22.7 Å². The van der Waals surface area contributed by atoms with E-state index in [0.29, 0.717) is 18.7 Å². The van der Waals surface area contributed by atoms with Crippen LogP contribution in [0.4, 0.5) is 23.7 Å². The van der Waals surface area contributed by atoms with Crippen molar-refractivity contribution in [3.05, 3.63) is 53.6 Å². The summed E-state index contributed by atoms with van der Waals surface area (Å²) in [5, 5.41) is 3.36. The highest BCUT2D eigenvalue weighted by Gasteiger charge is 2.41. The molecule has 1 N–H and O–H groups in total. The maximum Gasteiger partial charge on any atom is 0.417 e. The lowest BCUT2D eigenvalue weighted by Crippen LogP contribution is -2.35. The highest BCUT2D eigenvalue weighted by Crippen LogP contribution is 2.44. The molecule has 1 fully saturated rings. The summed E-state index contributed by atoms with van der Waals surface area (Å²) in [5.41, 5.74) is 1.33. The Balaban J connectivity index is 1.65. The summed E-state index contributed by atoms with van der Waals surface area (Å²) in [5.74, 6) is 0.255. The average Bonchev–Trinajstić information content (AvgIpc) is 3.11. The van der Waals surface area contributed by atoms with Gasteiger partial charge in [-0.25, -0.2) is 4.79 Å². The van der Waals surface area contributed by atoms with Gasteiger partial charge in [-0.3, -0.25) is 0 Å². The first-order valence-electron chi connectivity index (χ1n) is 10.1. The fraction of sp³-hybridized carbons (Fsp3) is 0.435. The van der Waals surface area contributed by atoms with Crippen LogP contribution >= 0.6 is 0 Å². The van der Waals surface area contributed by atoms with Crippen LogP contribution in [0.3, 0.4) is 0 Å². The second-order valence-corrected chi connectivity index (χ2v) is 8.98. The predicted octanol–water partition coefficient (Wildman–Crippen LogP) is 5.75. The van der Waals surface area contributed by atoms with Gasteiger partial charge in [0, 0.05) is 37.2 Å². The van der Waals surface area contributed by atoms with Crippen LogP contribution in [-0.4, -0.2) is 36.2 Å². The summed E-state index contributed by atoms with van der Waals surface area (Å²) in [6.45, 7) is 7.27. The van der Waals surface area contributed by atoms with Gasteiger partial charge in [-0.1, -0.05) is 24.3 Å². The normalized spacial score (nSPS) is 20.9. The molecule has 4 rings (SSSR count). The zero-order chi connectivity index (χ0) is 21.7. The Hall–Kier alpha value is -2.70. The molecular weight excluding hydrogens is 393 g/mol. The molecule has 2 aliphatic rings. The molecule has 2 aliphatic heterocycles. The van der Waals surface area contributed by atoms with E-state index < -0.39 is 17.3 Å². The lowest BCUT2D eigenvalue weighted by molar-refractivity contribution is -0.137. The number of fused-ring (bicyclic) bond motifs is 3. The van der Waals surface area contributed by atoms with Gasteiger partial charge in [0.05, 0.1) is 5.56 Å². The number of halogens is 3. The first-order valence-corrected chi connectivity index (χ1v) is 10.1. The lowest BCUT2D eigenvalue weighted by atomic mass is 9.83. The fourth-order valence-corrected chi connectivity index (χ4v) is 4.33. The maximum absolute atomic E-state index is 13.5. The van der Waals surface area contributed by atoms with Crippen molar-refractivity contribution >= 4 is 11.8 Å². The number of anilines is 1. The summed E-state index contributed by atoms with van der Waals surface area (Å²) in [7, 11) is 0. The third-order valence-electron chi connectivity index (χ3n) is 5.64. The smallest absolute Gasteiger partial charge is 0.417 e. The second kappa shape index (κ2) is 7.22. The van der Waals surface area contributed by atoms with Crippen LogP contribution in [0.5, 0.6) is 0 Å². The number of carbonyl (C=O) groups excluding carboxylic acids is 1. The number of rotatable bonds is 1. The van der Waals surface area contributed by atoms with Crippen molar-refractivity contribution in [2.24, 2.45) is 5.92 Å². The molecule has 2 heterocycles. The molecule has 0 bridgehead atoms. The Morgan fingerprint density at radius 3 is 2.53 bits per heavy atom. The first kappa shape index (κ1) is 20.6. The number of amides is 1. The van der Waals surface area contributed by atoms with Crippen LogP contribution in [0.15, 0.2) is 42.5 Å². The van der Waals surface area contributed by atoms with Crippen molar-refractivity contribution in [1.82, 2.24) is 4.90 Å². The van der Waals surface area contributed by atoms with E-state index in [0.717, 1.165) is 23.9 Å². The highest BCUT2D eigenvalue weighted by molar-refractivity contribution is 5.74. The molecule has 7 heteroatoms. The molecule has 160 valence electrons. The summed E-state index contributed by atoms with van der Waals surface area (Å²) in [6.07, 6.45) is -4.77. The summed E-state index contributed by atoms with van der Waals surface area (Å²) in [4.78, 5) is 14.2. The van der Waals surface area contributed by atoms with Crippen molar-refractivity contribution in [2.45, 2.75) is 38.5 Å². The Morgan fingerprint density at radius 1 is 1.10 bits per heavy atom. The van der Waals surface area contributed by atoms with Gasteiger partial charge in [-0.15, -0.1) is 0 Å². The molecule has 2 aromatic carbocycles. The second-order valence-electron chi connectivity index (χ2n) is 8.98. The van der Waals surface area contributed by atoms with E-state index in [1.807, 2.05) is 32.9 Å². The minimum absolute atomic E-state index is 0.0618. The van der Waals surface area contributed by atoms with Crippen LogP contribution in [-0.2, 0) is 10.9 Å². The third-order valence-corrected chi connectivity index (χ3v) is 5.64. The molecular formula is C23H25F3N2O2. The van der Waals surface area contributed by atoms with Crippen molar-refractivity contribution in [1.29, 1.82) is 0 Å². The minimum atomic E-state index is -4.42. The van der Waals surface area contributed by atoms with Crippen LogP contribution < -0.4 is 5.32 Å². The SMILES string of the molecule is CC(C)(C)OC(=O)N1C[C@@H]2CNc3ccc(-c4ccccc4C(F)(F)F)cc3[C@@H]2C1. The molecule has 0 saturated carbocycles. The van der Waals surface area contributed by atoms with Gasteiger partial charge in [0.1, 0.15) is 5.60 Å². The lowest BCUT2D eigenvalue weighted by Gasteiger charge is -2.29. The van der Waals surface area contributed by atoms with Crippen LogP contribution in [0.2, 0.25) is 0 Å². The third kappa shape index (κ3) is 3.98. The Bertz CT molecular complexity index is 966. The quantitative estimate of drug-likeness (QED) is 0.641. The van der Waals surface area contributed by atoms with Crippen molar-refractivity contribution in [2.75, 3.05) is 25.0 Å². The average molecular weight is 418 g/mol. The molecule has 1 amide bonds. The molecule has 0 unspecified atom stereocenters. The number of hydrogen-bond acceptors (Lipinski definition) is 3. The molecule has 0 spiro atoms. The molecule has 0 aliphatic carbocycles. The van der Waals surface area contributed by atoms with Crippen LogP contribution in [0.1, 0.15) is 37.8 Å². The number of likely N-dealkylation sites (tertiary alicyclic amines) is 1. The van der Waals surface area contributed by atoms with Gasteiger partial charge in [-0.05, 0) is 55.7 Å². The Morgan fingerprint density at radius 2 is 1.83 bits per heavy atom. The van der Waals surface area contributed by atoms with Crippen molar-refractivity contribution in [3.63, 3.8) is 0 Å². The van der Waals surface area contributed by atoms with Gasteiger partial charge < -0.3 is 15.0 Å². The standard InChI is InChI=1S/C23H25F3N2O2/c1-22(2,3)30-21(29)28-12-15-11-27-20-9-8-14(10-17(20)18(15)13-28)16-6-4-5-7-19(16)23(24,25)26/h4-10,15,18,27H,11-13H2,1-3H3/t15-,18+/m0/s1. The van der Waals surface area contributed by atoms with Crippen LogP contribution in [0.25, 0.3) is 11.1 Å². The van der Waals surface area contributed by atoms with E-state index in [4.69, 9.17) is 4.74 Å². The molecule has 0 radical (unpaired) electrons. The largest absolute Gasteiger partial charge is 0.444 e. The van der Waals surface area contributed by atoms with E-state index in [2.05, 4.69) is 5.32 Å². The topological polar surface area (TPSA) is 41.6 Å². The van der Waals surface area contributed by atoms with Gasteiger partial charge in [0.15, 0.2) is 0 Å². The number of ether oxygens (including phenoxy) is 1. The van der Waals surface area contributed by atoms with E-state index >= 15 is 0 Å². The minimum Gasteiger partial charge on any atom is -0.444 e. The van der Waals surface area contributed by atoms with E-state index in [1.165, 1.54) is 12.1 Å². The number of nitrogens with zero attached hydrogens (tertiary/aromatic N) is 1. The molecule has 2 atom stereocenters. The Kier molecular flexibility index (Phi) is 4.95. The molecule has 30 heavy (non-hydrogen) atoms. The van der Waals surface area contributed by atoms with Gasteiger partial charge >= 0.3 is 12.3 Å². The molecule has 1 saturated heterocycles. The Labute approximate surface area is 174 Å². The number of hydrogen-bond donors (Lipinski definition) is 1.